The van der Waals surface area contributed by atoms with Gasteiger partial charge in [-0.2, -0.15) is 0 Å². The fourth-order valence-corrected chi connectivity index (χ4v) is 2.44. The predicted octanol–water partition coefficient (Wildman–Crippen LogP) is 1.99. The third-order valence-electron chi connectivity index (χ3n) is 3.66. The predicted molar refractivity (Wildman–Crippen MR) is 67.0 cm³/mol. The van der Waals surface area contributed by atoms with Crippen molar-refractivity contribution in [2.75, 3.05) is 13.2 Å². The molecule has 0 aliphatic carbocycles. The minimum absolute atomic E-state index is 0.194. The summed E-state index contributed by atoms with van der Waals surface area (Å²) in [6.07, 6.45) is 1.44. The van der Waals surface area contributed by atoms with E-state index in [2.05, 4.69) is 27.7 Å². The van der Waals surface area contributed by atoms with Crippen LogP contribution in [0.2, 0.25) is 0 Å². The van der Waals surface area contributed by atoms with Crippen LogP contribution in [-0.2, 0) is 12.8 Å². The summed E-state index contributed by atoms with van der Waals surface area (Å²) in [5.74, 6) is 0. The van der Waals surface area contributed by atoms with Crippen LogP contribution in [0.15, 0.2) is 0 Å². The Morgan fingerprint density at radius 3 is 1.06 bits per heavy atom. The van der Waals surface area contributed by atoms with Crippen molar-refractivity contribution in [2.24, 2.45) is 0 Å². The first-order valence-corrected chi connectivity index (χ1v) is 5.84. The SMILES string of the molecule is Cc1c(C)c(CCO)c(C)c(C)c1CCO. The van der Waals surface area contributed by atoms with Gasteiger partial charge < -0.3 is 10.2 Å². The van der Waals surface area contributed by atoms with Crippen molar-refractivity contribution >= 4 is 0 Å². The Labute approximate surface area is 97.9 Å². The lowest BCUT2D eigenvalue weighted by molar-refractivity contribution is 0.297. The van der Waals surface area contributed by atoms with Crippen molar-refractivity contribution in [3.05, 3.63) is 33.4 Å². The lowest BCUT2D eigenvalue weighted by atomic mass is 9.86. The minimum atomic E-state index is 0.194. The van der Waals surface area contributed by atoms with E-state index < -0.39 is 0 Å². The molecule has 16 heavy (non-hydrogen) atoms. The summed E-state index contributed by atoms with van der Waals surface area (Å²) in [4.78, 5) is 0. The molecule has 0 saturated carbocycles. The van der Waals surface area contributed by atoms with Crippen LogP contribution >= 0.6 is 0 Å². The van der Waals surface area contributed by atoms with Gasteiger partial charge >= 0.3 is 0 Å². The molecule has 1 aromatic carbocycles. The molecule has 0 bridgehead atoms. The van der Waals surface area contributed by atoms with E-state index in [9.17, 15) is 0 Å². The summed E-state index contributed by atoms with van der Waals surface area (Å²) < 4.78 is 0. The Balaban J connectivity index is 3.37. The van der Waals surface area contributed by atoms with E-state index in [1.807, 2.05) is 0 Å². The first-order valence-electron chi connectivity index (χ1n) is 5.84. The van der Waals surface area contributed by atoms with Crippen LogP contribution in [0.4, 0.5) is 0 Å². The molecule has 0 spiro atoms. The molecule has 0 fully saturated rings. The Morgan fingerprint density at radius 2 is 0.875 bits per heavy atom. The van der Waals surface area contributed by atoms with Crippen LogP contribution in [0.3, 0.4) is 0 Å². The highest BCUT2D eigenvalue weighted by Gasteiger charge is 2.13. The third kappa shape index (κ3) is 2.28. The second-order valence-electron chi connectivity index (χ2n) is 4.40. The van der Waals surface area contributed by atoms with Crippen molar-refractivity contribution in [1.29, 1.82) is 0 Å². The number of benzene rings is 1. The molecule has 1 aromatic rings. The van der Waals surface area contributed by atoms with Gasteiger partial charge in [-0.1, -0.05) is 0 Å². The first kappa shape index (κ1) is 13.2. The number of rotatable bonds is 4. The smallest absolute Gasteiger partial charge is 0.0471 e. The van der Waals surface area contributed by atoms with Gasteiger partial charge in [-0.15, -0.1) is 0 Å². The number of hydrogen-bond donors (Lipinski definition) is 2. The van der Waals surface area contributed by atoms with Crippen molar-refractivity contribution in [1.82, 2.24) is 0 Å². The molecule has 0 unspecified atom stereocenters. The van der Waals surface area contributed by atoms with E-state index >= 15 is 0 Å². The molecule has 1 rings (SSSR count). The van der Waals surface area contributed by atoms with Gasteiger partial charge in [0, 0.05) is 13.2 Å². The van der Waals surface area contributed by atoms with E-state index in [-0.39, 0.29) is 13.2 Å². The zero-order chi connectivity index (χ0) is 12.3. The zero-order valence-electron chi connectivity index (χ0n) is 10.7. The maximum Gasteiger partial charge on any atom is 0.0471 e. The fourth-order valence-electron chi connectivity index (χ4n) is 2.44. The van der Waals surface area contributed by atoms with Crippen LogP contribution < -0.4 is 0 Å². The zero-order valence-corrected chi connectivity index (χ0v) is 10.7. The van der Waals surface area contributed by atoms with E-state index in [1.54, 1.807) is 0 Å². The monoisotopic (exact) mass is 222 g/mol. The quantitative estimate of drug-likeness (QED) is 0.818. The van der Waals surface area contributed by atoms with E-state index in [4.69, 9.17) is 10.2 Å². The largest absolute Gasteiger partial charge is 0.396 e. The molecule has 2 N–H and O–H groups in total. The van der Waals surface area contributed by atoms with Gasteiger partial charge in [0.05, 0.1) is 0 Å². The Bertz CT molecular complexity index is 315. The van der Waals surface area contributed by atoms with Crippen molar-refractivity contribution in [3.8, 4) is 0 Å². The molecule has 0 aliphatic heterocycles. The van der Waals surface area contributed by atoms with Gasteiger partial charge in [0.2, 0.25) is 0 Å². The molecule has 0 heterocycles. The lowest BCUT2D eigenvalue weighted by Crippen LogP contribution is -2.08. The molecule has 2 nitrogen and oxygen atoms in total. The van der Waals surface area contributed by atoms with Crippen LogP contribution in [-0.4, -0.2) is 23.4 Å². The van der Waals surface area contributed by atoms with E-state index in [1.165, 1.54) is 33.4 Å². The normalized spacial score (nSPS) is 10.9. The maximum atomic E-state index is 9.08. The van der Waals surface area contributed by atoms with Crippen LogP contribution in [0, 0.1) is 27.7 Å². The summed E-state index contributed by atoms with van der Waals surface area (Å²) in [6.45, 7) is 8.81. The third-order valence-corrected chi connectivity index (χ3v) is 3.66. The van der Waals surface area contributed by atoms with Gasteiger partial charge in [-0.25, -0.2) is 0 Å². The van der Waals surface area contributed by atoms with Gasteiger partial charge in [0.1, 0.15) is 0 Å². The van der Waals surface area contributed by atoms with Crippen LogP contribution in [0.1, 0.15) is 33.4 Å². The van der Waals surface area contributed by atoms with Crippen molar-refractivity contribution in [3.63, 3.8) is 0 Å². The minimum Gasteiger partial charge on any atom is -0.396 e. The lowest BCUT2D eigenvalue weighted by Gasteiger charge is -2.19. The average molecular weight is 222 g/mol. The first-order chi connectivity index (χ1) is 7.54. The summed E-state index contributed by atoms with van der Waals surface area (Å²) >= 11 is 0. The summed E-state index contributed by atoms with van der Waals surface area (Å²) in [5.41, 5.74) is 7.58. The Kier molecular flexibility index (Phi) is 4.51. The van der Waals surface area contributed by atoms with E-state index in [0.717, 1.165) is 12.8 Å². The van der Waals surface area contributed by atoms with Crippen molar-refractivity contribution < 1.29 is 10.2 Å². The summed E-state index contributed by atoms with van der Waals surface area (Å²) in [7, 11) is 0. The van der Waals surface area contributed by atoms with Crippen molar-refractivity contribution in [2.45, 2.75) is 40.5 Å². The van der Waals surface area contributed by atoms with Crippen LogP contribution in [0.5, 0.6) is 0 Å². The highest BCUT2D eigenvalue weighted by atomic mass is 16.3. The highest BCUT2D eigenvalue weighted by Crippen LogP contribution is 2.27. The summed E-state index contributed by atoms with van der Waals surface area (Å²) in [6, 6.07) is 0. The Hall–Kier alpha value is -0.860. The highest BCUT2D eigenvalue weighted by molar-refractivity contribution is 5.50. The number of hydrogen-bond acceptors (Lipinski definition) is 2. The number of aliphatic hydroxyl groups is 2. The molecule has 90 valence electrons. The standard InChI is InChI=1S/C14H22O2/c1-9-10(2)14(6-8-16)12(4)11(3)13(9)5-7-15/h15-16H,5-8H2,1-4H3. The Morgan fingerprint density at radius 1 is 0.625 bits per heavy atom. The molecular weight excluding hydrogens is 200 g/mol. The topological polar surface area (TPSA) is 40.5 Å². The van der Waals surface area contributed by atoms with Gasteiger partial charge in [-0.3, -0.25) is 0 Å². The van der Waals surface area contributed by atoms with Gasteiger partial charge in [0.25, 0.3) is 0 Å². The average Bonchev–Trinajstić information content (AvgIpc) is 2.28. The van der Waals surface area contributed by atoms with Crippen LogP contribution in [0.25, 0.3) is 0 Å². The molecule has 0 aliphatic rings. The number of aliphatic hydroxyl groups excluding tert-OH is 2. The molecule has 0 radical (unpaired) electrons. The van der Waals surface area contributed by atoms with Gasteiger partial charge in [0.15, 0.2) is 0 Å². The fraction of sp³-hybridized carbons (Fsp3) is 0.571. The molecule has 2 heteroatoms. The maximum absolute atomic E-state index is 9.08. The summed E-state index contributed by atoms with van der Waals surface area (Å²) in [5, 5.41) is 18.2. The molecular formula is C14H22O2. The second-order valence-corrected chi connectivity index (χ2v) is 4.40. The second kappa shape index (κ2) is 5.46. The molecule has 0 aromatic heterocycles. The van der Waals surface area contributed by atoms with Gasteiger partial charge in [-0.05, 0) is 73.9 Å². The molecule has 0 atom stereocenters. The molecule has 0 amide bonds. The van der Waals surface area contributed by atoms with E-state index in [0.29, 0.717) is 0 Å². The molecule has 0 saturated heterocycles.